The maximum absolute atomic E-state index is 12.3. The number of rotatable bonds is 3. The highest BCUT2D eigenvalue weighted by Gasteiger charge is 2.39. The third-order valence-corrected chi connectivity index (χ3v) is 4.74. The highest BCUT2D eigenvalue weighted by atomic mass is 32.1. The molecule has 2 N–H and O–H groups in total. The van der Waals surface area contributed by atoms with Crippen molar-refractivity contribution in [1.29, 1.82) is 0 Å². The number of nitrogens with zero attached hydrogens (tertiary/aromatic N) is 1. The van der Waals surface area contributed by atoms with Gasteiger partial charge in [-0.1, -0.05) is 20.3 Å². The van der Waals surface area contributed by atoms with E-state index >= 15 is 0 Å². The number of hydrogen-bond acceptors (Lipinski definition) is 4. The molecular weight excluding hydrogens is 264 g/mol. The minimum absolute atomic E-state index is 0.0206. The van der Waals surface area contributed by atoms with Gasteiger partial charge < -0.3 is 10.4 Å². The van der Waals surface area contributed by atoms with Crippen LogP contribution in [0.5, 0.6) is 0 Å². The van der Waals surface area contributed by atoms with Crippen molar-refractivity contribution < 1.29 is 14.7 Å². The van der Waals surface area contributed by atoms with Crippen LogP contribution in [-0.4, -0.2) is 21.4 Å². The van der Waals surface area contributed by atoms with Crippen LogP contribution in [0.15, 0.2) is 0 Å². The number of aryl methyl sites for hydroxylation is 1. The molecule has 1 aliphatic carbocycles. The standard InChI is InChI=1S/C13H18N2O3S/c1-7-9(12(17)18)11(19-15-7)14-10(16)8-5-4-6-13(8,2)3/h8H,4-6H2,1-3H3,(H,14,16)(H,17,18). The van der Waals surface area contributed by atoms with E-state index in [4.69, 9.17) is 5.11 Å². The fourth-order valence-electron chi connectivity index (χ4n) is 2.72. The second-order valence-electron chi connectivity index (χ2n) is 5.70. The Labute approximate surface area is 116 Å². The molecule has 1 unspecified atom stereocenters. The summed E-state index contributed by atoms with van der Waals surface area (Å²) in [6.45, 7) is 5.80. The molecule has 0 aliphatic heterocycles. The van der Waals surface area contributed by atoms with E-state index in [2.05, 4.69) is 23.5 Å². The smallest absolute Gasteiger partial charge is 0.340 e. The third-order valence-electron chi connectivity index (χ3n) is 3.89. The molecule has 5 nitrogen and oxygen atoms in total. The van der Waals surface area contributed by atoms with Crippen molar-refractivity contribution in [3.05, 3.63) is 11.3 Å². The van der Waals surface area contributed by atoms with Crippen molar-refractivity contribution in [2.24, 2.45) is 11.3 Å². The zero-order valence-corrected chi connectivity index (χ0v) is 12.1. The van der Waals surface area contributed by atoms with Gasteiger partial charge in [0.25, 0.3) is 0 Å². The molecule has 1 saturated carbocycles. The van der Waals surface area contributed by atoms with Gasteiger partial charge in [0.15, 0.2) is 0 Å². The van der Waals surface area contributed by atoms with Gasteiger partial charge in [0.2, 0.25) is 5.91 Å². The fourth-order valence-corrected chi connectivity index (χ4v) is 3.51. The Kier molecular flexibility index (Phi) is 3.62. The predicted octanol–water partition coefficient (Wildman–Crippen LogP) is 2.91. The summed E-state index contributed by atoms with van der Waals surface area (Å²) < 4.78 is 4.00. The van der Waals surface area contributed by atoms with Crippen molar-refractivity contribution in [2.75, 3.05) is 5.32 Å². The Morgan fingerprint density at radius 1 is 1.47 bits per heavy atom. The lowest BCUT2D eigenvalue weighted by molar-refractivity contribution is -0.122. The van der Waals surface area contributed by atoms with Crippen molar-refractivity contribution in [2.45, 2.75) is 40.0 Å². The molecule has 2 rings (SSSR count). The van der Waals surface area contributed by atoms with Gasteiger partial charge in [-0.2, -0.15) is 4.37 Å². The Hall–Kier alpha value is -1.43. The molecule has 6 heteroatoms. The van der Waals surface area contributed by atoms with Crippen molar-refractivity contribution in [3.8, 4) is 0 Å². The fraction of sp³-hybridized carbons (Fsp3) is 0.615. The van der Waals surface area contributed by atoms with Crippen LogP contribution >= 0.6 is 11.5 Å². The molecule has 19 heavy (non-hydrogen) atoms. The monoisotopic (exact) mass is 282 g/mol. The van der Waals surface area contributed by atoms with Gasteiger partial charge in [-0.3, -0.25) is 4.79 Å². The van der Waals surface area contributed by atoms with Crippen molar-refractivity contribution in [3.63, 3.8) is 0 Å². The van der Waals surface area contributed by atoms with Crippen LogP contribution in [0.2, 0.25) is 0 Å². The van der Waals surface area contributed by atoms with Crippen molar-refractivity contribution >= 4 is 28.4 Å². The van der Waals surface area contributed by atoms with E-state index in [0.29, 0.717) is 10.7 Å². The number of carbonyl (C=O) groups is 2. The Morgan fingerprint density at radius 3 is 2.68 bits per heavy atom. The van der Waals surface area contributed by atoms with E-state index in [1.165, 1.54) is 0 Å². The van der Waals surface area contributed by atoms with Gasteiger partial charge >= 0.3 is 5.97 Å². The molecule has 1 atom stereocenters. The molecule has 0 spiro atoms. The topological polar surface area (TPSA) is 79.3 Å². The molecule has 0 bridgehead atoms. The second-order valence-corrected chi connectivity index (χ2v) is 6.47. The summed E-state index contributed by atoms with van der Waals surface area (Å²) in [5.41, 5.74) is 0.528. The number of anilines is 1. The van der Waals surface area contributed by atoms with Crippen LogP contribution in [0, 0.1) is 18.3 Å². The molecule has 0 saturated heterocycles. The number of aromatic nitrogens is 1. The largest absolute Gasteiger partial charge is 0.478 e. The highest BCUT2D eigenvalue weighted by molar-refractivity contribution is 7.11. The summed E-state index contributed by atoms with van der Waals surface area (Å²) in [6.07, 6.45) is 2.93. The average Bonchev–Trinajstić information content (AvgIpc) is 2.81. The summed E-state index contributed by atoms with van der Waals surface area (Å²) in [6, 6.07) is 0. The lowest BCUT2D eigenvalue weighted by atomic mass is 9.81. The summed E-state index contributed by atoms with van der Waals surface area (Å²) in [4.78, 5) is 23.4. The number of carbonyl (C=O) groups excluding carboxylic acids is 1. The van der Waals surface area contributed by atoms with Gasteiger partial charge in [-0.25, -0.2) is 4.79 Å². The van der Waals surface area contributed by atoms with Crippen LogP contribution in [0.1, 0.15) is 49.2 Å². The summed E-state index contributed by atoms with van der Waals surface area (Å²) in [7, 11) is 0. The van der Waals surface area contributed by atoms with Crippen LogP contribution in [-0.2, 0) is 4.79 Å². The van der Waals surface area contributed by atoms with Gasteiger partial charge in [0.1, 0.15) is 10.6 Å². The first-order valence-corrected chi connectivity index (χ1v) is 7.10. The summed E-state index contributed by atoms with van der Waals surface area (Å²) >= 11 is 1.03. The SMILES string of the molecule is Cc1nsc(NC(=O)C2CCCC2(C)C)c1C(=O)O. The van der Waals surface area contributed by atoms with E-state index in [9.17, 15) is 9.59 Å². The normalized spacial score (nSPS) is 21.3. The number of aromatic carboxylic acids is 1. The number of carboxylic acid groups (broad SMARTS) is 1. The first-order chi connectivity index (χ1) is 8.83. The van der Waals surface area contributed by atoms with E-state index < -0.39 is 5.97 Å². The van der Waals surface area contributed by atoms with Crippen LogP contribution in [0.25, 0.3) is 0 Å². The molecule has 104 valence electrons. The van der Waals surface area contributed by atoms with Crippen LogP contribution in [0.3, 0.4) is 0 Å². The van der Waals surface area contributed by atoms with Gasteiger partial charge in [0, 0.05) is 5.92 Å². The molecule has 1 amide bonds. The average molecular weight is 282 g/mol. The van der Waals surface area contributed by atoms with Gasteiger partial charge in [-0.05, 0) is 36.7 Å². The molecule has 1 aromatic rings. The lowest BCUT2D eigenvalue weighted by Crippen LogP contribution is -2.31. The second kappa shape index (κ2) is 4.92. The lowest BCUT2D eigenvalue weighted by Gasteiger charge is -2.25. The summed E-state index contributed by atoms with van der Waals surface area (Å²) in [5, 5.41) is 12.2. The maximum Gasteiger partial charge on any atom is 0.340 e. The molecule has 0 radical (unpaired) electrons. The van der Waals surface area contributed by atoms with Crippen molar-refractivity contribution in [1.82, 2.24) is 4.37 Å². The first kappa shape index (κ1) is 14.0. The maximum atomic E-state index is 12.3. The van der Waals surface area contributed by atoms with Gasteiger partial charge in [-0.15, -0.1) is 0 Å². The Bertz CT molecular complexity index is 522. The van der Waals surface area contributed by atoms with E-state index in [1.807, 2.05) is 0 Å². The molecular formula is C13H18N2O3S. The van der Waals surface area contributed by atoms with E-state index in [-0.39, 0.29) is 22.8 Å². The Balaban J connectivity index is 2.18. The molecule has 0 aromatic carbocycles. The zero-order chi connectivity index (χ0) is 14.2. The molecule has 1 heterocycles. The van der Waals surface area contributed by atoms with Crippen LogP contribution in [0.4, 0.5) is 5.00 Å². The highest BCUT2D eigenvalue weighted by Crippen LogP contribution is 2.43. The predicted molar refractivity (Wildman–Crippen MR) is 73.6 cm³/mol. The quantitative estimate of drug-likeness (QED) is 0.893. The van der Waals surface area contributed by atoms with E-state index in [0.717, 1.165) is 30.8 Å². The first-order valence-electron chi connectivity index (χ1n) is 6.33. The summed E-state index contributed by atoms with van der Waals surface area (Å²) in [5.74, 6) is -1.20. The minimum atomic E-state index is -1.05. The van der Waals surface area contributed by atoms with E-state index in [1.54, 1.807) is 6.92 Å². The third kappa shape index (κ3) is 2.63. The minimum Gasteiger partial charge on any atom is -0.478 e. The molecule has 1 aliphatic rings. The molecule has 1 aromatic heterocycles. The van der Waals surface area contributed by atoms with Gasteiger partial charge in [0.05, 0.1) is 5.69 Å². The number of amides is 1. The Morgan fingerprint density at radius 2 is 2.16 bits per heavy atom. The molecule has 1 fully saturated rings. The van der Waals surface area contributed by atoms with Crippen LogP contribution < -0.4 is 5.32 Å². The zero-order valence-electron chi connectivity index (χ0n) is 11.3. The number of carboxylic acids is 1. The number of nitrogens with one attached hydrogen (secondary N) is 1. The number of hydrogen-bond donors (Lipinski definition) is 2.